The highest BCUT2D eigenvalue weighted by Crippen LogP contribution is 2.18. The largest absolute Gasteiger partial charge is 0.364 e. The molecule has 2 heterocycles. The van der Waals surface area contributed by atoms with E-state index in [0.29, 0.717) is 13.1 Å². The lowest BCUT2D eigenvalue weighted by molar-refractivity contribution is -0.131. The number of hydrogen-bond acceptors (Lipinski definition) is 4. The lowest BCUT2D eigenvalue weighted by Gasteiger charge is -2.12. The summed E-state index contributed by atoms with van der Waals surface area (Å²) in [6.45, 7) is 1.17. The zero-order valence-electron chi connectivity index (χ0n) is 10.1. The lowest BCUT2D eigenvalue weighted by Crippen LogP contribution is -2.36. The van der Waals surface area contributed by atoms with Gasteiger partial charge in [-0.15, -0.1) is 12.4 Å². The molecule has 2 rings (SSSR count). The van der Waals surface area contributed by atoms with Gasteiger partial charge in [-0.3, -0.25) is 4.79 Å². The fourth-order valence-electron chi connectivity index (χ4n) is 1.95. The van der Waals surface area contributed by atoms with Crippen LogP contribution < -0.4 is 11.1 Å². The molecular formula is C12H19ClN2O2S. The van der Waals surface area contributed by atoms with Gasteiger partial charge in [0.2, 0.25) is 5.91 Å². The number of nitrogens with two attached hydrogens (primary N) is 1. The van der Waals surface area contributed by atoms with E-state index in [4.69, 9.17) is 10.5 Å². The van der Waals surface area contributed by atoms with Gasteiger partial charge >= 0.3 is 0 Å². The van der Waals surface area contributed by atoms with Crippen LogP contribution >= 0.6 is 23.7 Å². The Hall–Kier alpha value is -0.620. The first-order chi connectivity index (χ1) is 8.29. The fraction of sp³-hybridized carbons (Fsp3) is 0.583. The molecule has 1 aliphatic heterocycles. The standard InChI is InChI=1S/C12H18N2O2S.ClH/c13-7-10-1-2-11(16-10)12(15)14-5-3-9-4-6-17-8-9;/h4,6,8,10-11H,1-3,5,7,13H2,(H,14,15);1H/t10-,11+;/m1./s1. The van der Waals surface area contributed by atoms with Crippen molar-refractivity contribution >= 4 is 29.7 Å². The number of hydrogen-bond donors (Lipinski definition) is 2. The lowest BCUT2D eigenvalue weighted by atomic mass is 10.2. The Morgan fingerprint density at radius 3 is 3.00 bits per heavy atom. The van der Waals surface area contributed by atoms with Gasteiger partial charge in [-0.25, -0.2) is 0 Å². The van der Waals surface area contributed by atoms with Crippen LogP contribution in [-0.4, -0.2) is 31.2 Å². The monoisotopic (exact) mass is 290 g/mol. The first kappa shape index (κ1) is 15.4. The Labute approximate surface area is 117 Å². The summed E-state index contributed by atoms with van der Waals surface area (Å²) in [5.41, 5.74) is 6.77. The minimum absolute atomic E-state index is 0. The van der Waals surface area contributed by atoms with E-state index in [-0.39, 0.29) is 30.5 Å². The Morgan fingerprint density at radius 1 is 1.56 bits per heavy atom. The second-order valence-corrected chi connectivity index (χ2v) is 5.01. The summed E-state index contributed by atoms with van der Waals surface area (Å²) in [5, 5.41) is 7.05. The van der Waals surface area contributed by atoms with Crippen molar-refractivity contribution < 1.29 is 9.53 Å². The maximum atomic E-state index is 11.8. The van der Waals surface area contributed by atoms with E-state index in [0.717, 1.165) is 19.3 Å². The average Bonchev–Trinajstić information content (AvgIpc) is 2.99. The molecule has 2 atom stereocenters. The number of ether oxygens (including phenoxy) is 1. The van der Waals surface area contributed by atoms with Crippen molar-refractivity contribution in [3.8, 4) is 0 Å². The molecule has 4 nitrogen and oxygen atoms in total. The predicted octanol–water partition coefficient (Wildman–Crippen LogP) is 1.33. The molecule has 102 valence electrons. The second kappa shape index (κ2) is 7.74. The van der Waals surface area contributed by atoms with Gasteiger partial charge in [0.1, 0.15) is 6.10 Å². The van der Waals surface area contributed by atoms with Gasteiger partial charge in [0.05, 0.1) is 6.10 Å². The zero-order valence-corrected chi connectivity index (χ0v) is 11.8. The molecule has 1 aromatic heterocycles. The Bertz CT molecular complexity index is 359. The topological polar surface area (TPSA) is 64.4 Å². The summed E-state index contributed by atoms with van der Waals surface area (Å²) < 4.78 is 5.53. The number of carbonyl (C=O) groups is 1. The van der Waals surface area contributed by atoms with Crippen molar-refractivity contribution in [2.45, 2.75) is 31.5 Å². The molecule has 1 aliphatic rings. The summed E-state index contributed by atoms with van der Waals surface area (Å²) in [7, 11) is 0. The van der Waals surface area contributed by atoms with Crippen molar-refractivity contribution in [3.63, 3.8) is 0 Å². The van der Waals surface area contributed by atoms with Crippen LogP contribution in [-0.2, 0) is 16.0 Å². The molecule has 18 heavy (non-hydrogen) atoms. The maximum absolute atomic E-state index is 11.8. The number of carbonyl (C=O) groups excluding carboxylic acids is 1. The molecule has 1 aromatic rings. The quantitative estimate of drug-likeness (QED) is 0.860. The van der Waals surface area contributed by atoms with Crippen LogP contribution in [0.1, 0.15) is 18.4 Å². The van der Waals surface area contributed by atoms with Gasteiger partial charge in [-0.2, -0.15) is 11.3 Å². The van der Waals surface area contributed by atoms with Gasteiger partial charge in [-0.05, 0) is 41.7 Å². The molecule has 6 heteroatoms. The molecule has 0 saturated carbocycles. The smallest absolute Gasteiger partial charge is 0.249 e. The van der Waals surface area contributed by atoms with Gasteiger partial charge in [0.15, 0.2) is 0 Å². The summed E-state index contributed by atoms with van der Waals surface area (Å²) in [5.74, 6) is -0.00354. The number of halogens is 1. The summed E-state index contributed by atoms with van der Waals surface area (Å²) in [6.07, 6.45) is 2.31. The van der Waals surface area contributed by atoms with Crippen LogP contribution in [0.15, 0.2) is 16.8 Å². The predicted molar refractivity (Wildman–Crippen MR) is 75.2 cm³/mol. The Balaban J connectivity index is 0.00000162. The van der Waals surface area contributed by atoms with Crippen molar-refractivity contribution in [2.75, 3.05) is 13.1 Å². The second-order valence-electron chi connectivity index (χ2n) is 4.23. The van der Waals surface area contributed by atoms with Crippen LogP contribution in [0.4, 0.5) is 0 Å². The molecule has 0 aromatic carbocycles. The Morgan fingerprint density at radius 2 is 2.39 bits per heavy atom. The normalized spacial score (nSPS) is 22.5. The van der Waals surface area contributed by atoms with Gasteiger partial charge in [0, 0.05) is 13.1 Å². The van der Waals surface area contributed by atoms with Crippen LogP contribution in [0.2, 0.25) is 0 Å². The highest BCUT2D eigenvalue weighted by molar-refractivity contribution is 7.07. The van der Waals surface area contributed by atoms with Gasteiger partial charge < -0.3 is 15.8 Å². The fourth-order valence-corrected chi connectivity index (χ4v) is 2.65. The van der Waals surface area contributed by atoms with E-state index in [1.807, 2.05) is 5.38 Å². The van der Waals surface area contributed by atoms with Crippen molar-refractivity contribution in [3.05, 3.63) is 22.4 Å². The molecule has 0 radical (unpaired) electrons. The number of rotatable bonds is 5. The maximum Gasteiger partial charge on any atom is 0.249 e. The number of nitrogens with one attached hydrogen (secondary N) is 1. The van der Waals surface area contributed by atoms with E-state index in [2.05, 4.69) is 16.8 Å². The van der Waals surface area contributed by atoms with Crippen LogP contribution in [0.25, 0.3) is 0 Å². The molecule has 0 spiro atoms. The third-order valence-electron chi connectivity index (χ3n) is 2.96. The first-order valence-corrected chi connectivity index (χ1v) is 6.88. The zero-order chi connectivity index (χ0) is 12.1. The number of thiophene rings is 1. The molecule has 0 aliphatic carbocycles. The molecular weight excluding hydrogens is 272 g/mol. The SMILES string of the molecule is Cl.NC[C@H]1CC[C@@H](C(=O)NCCc2ccsc2)O1. The Kier molecular flexibility index (Phi) is 6.63. The van der Waals surface area contributed by atoms with E-state index in [9.17, 15) is 4.79 Å². The van der Waals surface area contributed by atoms with E-state index in [1.54, 1.807) is 11.3 Å². The van der Waals surface area contributed by atoms with E-state index < -0.39 is 0 Å². The van der Waals surface area contributed by atoms with Crippen LogP contribution in [0, 0.1) is 0 Å². The molecule has 1 saturated heterocycles. The molecule has 0 unspecified atom stereocenters. The van der Waals surface area contributed by atoms with E-state index in [1.165, 1.54) is 5.56 Å². The van der Waals surface area contributed by atoms with Crippen molar-refractivity contribution in [2.24, 2.45) is 5.73 Å². The molecule has 1 amide bonds. The number of amides is 1. The highest BCUT2D eigenvalue weighted by atomic mass is 35.5. The minimum Gasteiger partial charge on any atom is -0.364 e. The van der Waals surface area contributed by atoms with Crippen molar-refractivity contribution in [1.29, 1.82) is 0 Å². The van der Waals surface area contributed by atoms with E-state index >= 15 is 0 Å². The van der Waals surface area contributed by atoms with Gasteiger partial charge in [0.25, 0.3) is 0 Å². The first-order valence-electron chi connectivity index (χ1n) is 5.94. The minimum atomic E-state index is -0.300. The van der Waals surface area contributed by atoms with Gasteiger partial charge in [-0.1, -0.05) is 0 Å². The summed E-state index contributed by atoms with van der Waals surface area (Å²) in [4.78, 5) is 11.8. The third-order valence-corrected chi connectivity index (χ3v) is 3.69. The average molecular weight is 291 g/mol. The summed E-state index contributed by atoms with van der Waals surface area (Å²) >= 11 is 1.68. The molecule has 3 N–H and O–H groups in total. The third kappa shape index (κ3) is 4.24. The van der Waals surface area contributed by atoms with Crippen LogP contribution in [0.3, 0.4) is 0 Å². The van der Waals surface area contributed by atoms with Crippen LogP contribution in [0.5, 0.6) is 0 Å². The highest BCUT2D eigenvalue weighted by Gasteiger charge is 2.29. The summed E-state index contributed by atoms with van der Waals surface area (Å²) in [6, 6.07) is 2.08. The molecule has 1 fully saturated rings. The molecule has 0 bridgehead atoms. The van der Waals surface area contributed by atoms with Crippen molar-refractivity contribution in [1.82, 2.24) is 5.32 Å².